The van der Waals surface area contributed by atoms with Crippen LogP contribution in [0.25, 0.3) is 23.0 Å². The number of hydrogen-bond acceptors (Lipinski definition) is 4. The molecule has 3 rings (SSSR count). The van der Waals surface area contributed by atoms with Gasteiger partial charge in [0.05, 0.1) is 6.61 Å². The van der Waals surface area contributed by atoms with Gasteiger partial charge in [-0.3, -0.25) is 4.79 Å². The average molecular weight is 366 g/mol. The zero-order valence-corrected chi connectivity index (χ0v) is 16.6. The van der Waals surface area contributed by atoms with E-state index in [0.29, 0.717) is 18.8 Å². The highest BCUT2D eigenvalue weighted by molar-refractivity contribution is 5.99. The van der Waals surface area contributed by atoms with Gasteiger partial charge in [0.2, 0.25) is 0 Å². The molecule has 0 aromatic heterocycles. The molecule has 0 saturated heterocycles. The molecule has 0 amide bonds. The molecule has 0 saturated carbocycles. The van der Waals surface area contributed by atoms with E-state index in [0.717, 1.165) is 39.1 Å². The van der Waals surface area contributed by atoms with Crippen LogP contribution in [0.5, 0.6) is 5.75 Å². The second kappa shape index (κ2) is 7.10. The number of ether oxygens (including phenoxy) is 2. The molecule has 4 heteroatoms. The van der Waals surface area contributed by atoms with Crippen molar-refractivity contribution >= 4 is 17.8 Å². The van der Waals surface area contributed by atoms with E-state index in [1.807, 2.05) is 44.2 Å². The zero-order valence-electron chi connectivity index (χ0n) is 16.6. The quantitative estimate of drug-likeness (QED) is 0.691. The molecule has 1 aliphatic carbocycles. The van der Waals surface area contributed by atoms with Crippen molar-refractivity contribution < 1.29 is 19.4 Å². The van der Waals surface area contributed by atoms with Gasteiger partial charge >= 0.3 is 5.97 Å². The fraction of sp³-hybridized carbons (Fsp3) is 0.348. The first-order chi connectivity index (χ1) is 12.7. The molecule has 0 aliphatic heterocycles. The third kappa shape index (κ3) is 4.00. The number of benzene rings is 2. The van der Waals surface area contributed by atoms with Gasteiger partial charge in [-0.15, -0.1) is 0 Å². The summed E-state index contributed by atoms with van der Waals surface area (Å²) in [6.07, 6.45) is 2.39. The molecule has 0 unspecified atom stereocenters. The number of hydrogen-bond donors (Lipinski definition) is 1. The largest absolute Gasteiger partial charge is 0.507 e. The van der Waals surface area contributed by atoms with E-state index in [1.54, 1.807) is 6.08 Å². The molecule has 1 N–H and O–H groups in total. The summed E-state index contributed by atoms with van der Waals surface area (Å²) in [6.45, 7) is 9.74. The lowest BCUT2D eigenvalue weighted by molar-refractivity contribution is -0.154. The Kier molecular flexibility index (Phi) is 5.01. The molecule has 2 aromatic rings. The minimum atomic E-state index is -0.550. The molecule has 2 aromatic carbocycles. The number of aryl methyl sites for hydroxylation is 2. The van der Waals surface area contributed by atoms with Crippen LogP contribution in [0.15, 0.2) is 30.3 Å². The van der Waals surface area contributed by atoms with Gasteiger partial charge in [0.25, 0.3) is 0 Å². The Morgan fingerprint density at radius 1 is 1.11 bits per heavy atom. The summed E-state index contributed by atoms with van der Waals surface area (Å²) >= 11 is 0. The van der Waals surface area contributed by atoms with Crippen LogP contribution in [0.3, 0.4) is 0 Å². The van der Waals surface area contributed by atoms with Gasteiger partial charge in [-0.05, 0) is 73.7 Å². The number of carbonyl (C=O) groups excluding carboxylic acids is 1. The van der Waals surface area contributed by atoms with Crippen LogP contribution in [-0.4, -0.2) is 23.3 Å². The second-order valence-electron chi connectivity index (χ2n) is 7.68. The molecule has 0 spiro atoms. The van der Waals surface area contributed by atoms with Gasteiger partial charge < -0.3 is 14.6 Å². The Labute approximate surface area is 160 Å². The van der Waals surface area contributed by atoms with Gasteiger partial charge in [0, 0.05) is 18.9 Å². The van der Waals surface area contributed by atoms with Crippen LogP contribution in [0.2, 0.25) is 0 Å². The highest BCUT2D eigenvalue weighted by atomic mass is 16.6. The summed E-state index contributed by atoms with van der Waals surface area (Å²) < 4.78 is 11.2. The maximum atomic E-state index is 11.1. The Morgan fingerprint density at radius 3 is 2.37 bits per heavy atom. The van der Waals surface area contributed by atoms with Crippen molar-refractivity contribution in [2.45, 2.75) is 46.6 Å². The van der Waals surface area contributed by atoms with Crippen molar-refractivity contribution in [1.29, 1.82) is 0 Å². The summed E-state index contributed by atoms with van der Waals surface area (Å²) in [7, 11) is 0. The van der Waals surface area contributed by atoms with Crippen LogP contribution in [0.4, 0.5) is 0 Å². The molecule has 1 aliphatic rings. The molecule has 27 heavy (non-hydrogen) atoms. The monoisotopic (exact) mass is 366 g/mol. The molecule has 0 radical (unpaired) electrons. The van der Waals surface area contributed by atoms with Crippen LogP contribution in [-0.2, 0) is 9.53 Å². The van der Waals surface area contributed by atoms with Crippen LogP contribution in [0.1, 0.15) is 49.4 Å². The van der Waals surface area contributed by atoms with E-state index in [2.05, 4.69) is 13.8 Å². The minimum Gasteiger partial charge on any atom is -0.507 e. The number of rotatable bonds is 6. The Hall–Kier alpha value is -2.75. The van der Waals surface area contributed by atoms with Gasteiger partial charge in [-0.1, -0.05) is 18.2 Å². The molecule has 142 valence electrons. The first-order valence-corrected chi connectivity index (χ1v) is 9.16. The van der Waals surface area contributed by atoms with E-state index in [-0.39, 0.29) is 5.97 Å². The van der Waals surface area contributed by atoms with E-state index in [9.17, 15) is 9.90 Å². The van der Waals surface area contributed by atoms with Crippen LogP contribution >= 0.6 is 0 Å². The maximum absolute atomic E-state index is 11.1. The predicted octanol–water partition coefficient (Wildman–Crippen LogP) is 5.45. The SMILES string of the molecule is CC(=O)OC(C)(C)CCOc1cc(C)c(-c2cccc3c2C(O)=C3)c(C)c1. The fourth-order valence-corrected chi connectivity index (χ4v) is 3.61. The first-order valence-electron chi connectivity index (χ1n) is 9.16. The maximum Gasteiger partial charge on any atom is 0.303 e. The average Bonchev–Trinajstić information content (AvgIpc) is 2.51. The summed E-state index contributed by atoms with van der Waals surface area (Å²) in [4.78, 5) is 11.1. The molecule has 0 atom stereocenters. The lowest BCUT2D eigenvalue weighted by atomic mass is 9.84. The van der Waals surface area contributed by atoms with Gasteiger partial charge in [0.1, 0.15) is 17.1 Å². The number of fused-ring (bicyclic) bond motifs is 1. The Bertz CT molecular complexity index is 899. The van der Waals surface area contributed by atoms with Crippen molar-refractivity contribution in [2.75, 3.05) is 6.61 Å². The lowest BCUT2D eigenvalue weighted by Crippen LogP contribution is -2.29. The van der Waals surface area contributed by atoms with Crippen LogP contribution < -0.4 is 4.74 Å². The Morgan fingerprint density at radius 2 is 1.78 bits per heavy atom. The van der Waals surface area contributed by atoms with Crippen molar-refractivity contribution in [3.05, 3.63) is 52.6 Å². The number of carbonyl (C=O) groups is 1. The minimum absolute atomic E-state index is 0.284. The van der Waals surface area contributed by atoms with Crippen molar-refractivity contribution in [3.8, 4) is 16.9 Å². The normalized spacial score (nSPS) is 12.7. The van der Waals surface area contributed by atoms with Crippen LogP contribution in [0, 0.1) is 13.8 Å². The molecule has 4 nitrogen and oxygen atoms in total. The fourth-order valence-electron chi connectivity index (χ4n) is 3.61. The molecule has 0 fully saturated rings. The molecule has 0 bridgehead atoms. The highest BCUT2D eigenvalue weighted by Gasteiger charge is 2.23. The predicted molar refractivity (Wildman–Crippen MR) is 108 cm³/mol. The topological polar surface area (TPSA) is 55.8 Å². The number of esters is 1. The second-order valence-corrected chi connectivity index (χ2v) is 7.68. The summed E-state index contributed by atoms with van der Waals surface area (Å²) in [5.74, 6) is 0.849. The third-order valence-corrected chi connectivity index (χ3v) is 4.81. The molecule has 0 heterocycles. The molecular formula is C23H26O4. The van der Waals surface area contributed by atoms with E-state index >= 15 is 0 Å². The van der Waals surface area contributed by atoms with Gasteiger partial charge in [-0.2, -0.15) is 0 Å². The van der Waals surface area contributed by atoms with Gasteiger partial charge in [-0.25, -0.2) is 0 Å². The first kappa shape index (κ1) is 19.0. The Balaban J connectivity index is 1.77. The van der Waals surface area contributed by atoms with Crippen molar-refractivity contribution in [2.24, 2.45) is 0 Å². The van der Waals surface area contributed by atoms with Crippen molar-refractivity contribution in [3.63, 3.8) is 0 Å². The summed E-state index contributed by atoms with van der Waals surface area (Å²) in [5.41, 5.74) is 5.79. The van der Waals surface area contributed by atoms with Crippen molar-refractivity contribution in [1.82, 2.24) is 0 Å². The highest BCUT2D eigenvalue weighted by Crippen LogP contribution is 2.41. The number of aliphatic hydroxyl groups excluding tert-OH is 1. The number of aliphatic hydroxyl groups is 1. The van der Waals surface area contributed by atoms with Gasteiger partial charge in [0.15, 0.2) is 0 Å². The third-order valence-electron chi connectivity index (χ3n) is 4.81. The lowest BCUT2D eigenvalue weighted by Gasteiger charge is -2.25. The smallest absolute Gasteiger partial charge is 0.303 e. The summed E-state index contributed by atoms with van der Waals surface area (Å²) in [5, 5.41) is 10.0. The van der Waals surface area contributed by atoms with E-state index in [1.165, 1.54) is 6.92 Å². The zero-order chi connectivity index (χ0) is 19.8. The summed E-state index contributed by atoms with van der Waals surface area (Å²) in [6, 6.07) is 10.1. The van der Waals surface area contributed by atoms with E-state index < -0.39 is 5.60 Å². The standard InChI is InChI=1S/C23H26O4/c1-14-11-18(26-10-9-23(4,5)27-16(3)24)12-15(2)21(14)19-8-6-7-17-13-20(25)22(17)19/h6-8,11-13,25H,9-10H2,1-5H3. The molecular weight excluding hydrogens is 340 g/mol. The van der Waals surface area contributed by atoms with E-state index in [4.69, 9.17) is 9.47 Å².